The van der Waals surface area contributed by atoms with E-state index in [1.807, 2.05) is 22.9 Å². The summed E-state index contributed by atoms with van der Waals surface area (Å²) in [6.07, 6.45) is 5.03. The second-order valence-electron chi connectivity index (χ2n) is 4.94. The molecule has 1 amide bonds. The first-order chi connectivity index (χ1) is 11.0. The van der Waals surface area contributed by atoms with Crippen LogP contribution in [-0.2, 0) is 6.54 Å². The summed E-state index contributed by atoms with van der Waals surface area (Å²) >= 11 is 12.2. The summed E-state index contributed by atoms with van der Waals surface area (Å²) in [4.78, 5) is 19.8. The zero-order chi connectivity index (χ0) is 16.4. The second kappa shape index (κ2) is 6.40. The van der Waals surface area contributed by atoms with E-state index in [0.29, 0.717) is 33.5 Å². The number of nitrogens with two attached hydrogens (primary N) is 1. The van der Waals surface area contributed by atoms with E-state index in [-0.39, 0.29) is 0 Å². The van der Waals surface area contributed by atoms with Gasteiger partial charge in [-0.25, -0.2) is 4.98 Å². The number of primary amides is 1. The Bertz CT molecular complexity index is 876. The second-order valence-corrected chi connectivity index (χ2v) is 5.72. The van der Waals surface area contributed by atoms with E-state index in [9.17, 15) is 4.79 Å². The van der Waals surface area contributed by atoms with Crippen molar-refractivity contribution in [1.82, 2.24) is 14.5 Å². The van der Waals surface area contributed by atoms with Crippen molar-refractivity contribution in [3.63, 3.8) is 0 Å². The molecule has 0 radical (unpaired) electrons. The zero-order valence-corrected chi connectivity index (χ0v) is 13.4. The summed E-state index contributed by atoms with van der Waals surface area (Å²) in [5.74, 6) is -0.501. The highest BCUT2D eigenvalue weighted by Gasteiger charge is 2.09. The van der Waals surface area contributed by atoms with Crippen LogP contribution >= 0.6 is 23.2 Å². The highest BCUT2D eigenvalue weighted by atomic mass is 35.5. The standard InChI is InChI=1S/C16H12Cl2N4O/c17-12-3-1-2-11(15(12)18)7-22-8-14(21-9-22)13-6-10(16(19)23)4-5-20-13/h1-6,8-9H,7H2,(H2,19,23). The number of hydrogen-bond acceptors (Lipinski definition) is 3. The van der Waals surface area contributed by atoms with Gasteiger partial charge in [0.05, 0.1) is 28.6 Å². The number of halogens is 2. The Hall–Kier alpha value is -2.37. The average Bonchev–Trinajstić information content (AvgIpc) is 3.00. The van der Waals surface area contributed by atoms with Gasteiger partial charge in [-0.1, -0.05) is 35.3 Å². The van der Waals surface area contributed by atoms with E-state index in [0.717, 1.165) is 5.56 Å². The lowest BCUT2D eigenvalue weighted by atomic mass is 10.2. The minimum absolute atomic E-state index is 0.391. The van der Waals surface area contributed by atoms with Crippen molar-refractivity contribution in [3.05, 3.63) is 70.2 Å². The van der Waals surface area contributed by atoms with Crippen LogP contribution in [0.15, 0.2) is 49.1 Å². The van der Waals surface area contributed by atoms with Crippen LogP contribution in [0.4, 0.5) is 0 Å². The molecule has 2 aromatic heterocycles. The molecule has 0 aliphatic heterocycles. The maximum atomic E-state index is 11.2. The maximum Gasteiger partial charge on any atom is 0.248 e. The van der Waals surface area contributed by atoms with E-state index in [1.54, 1.807) is 24.5 Å². The Balaban J connectivity index is 1.87. The fraction of sp³-hybridized carbons (Fsp3) is 0.0625. The molecule has 0 fully saturated rings. The summed E-state index contributed by atoms with van der Waals surface area (Å²) in [5.41, 5.74) is 7.79. The van der Waals surface area contributed by atoms with Gasteiger partial charge in [-0.2, -0.15) is 0 Å². The van der Waals surface area contributed by atoms with Crippen LogP contribution in [0, 0.1) is 0 Å². The van der Waals surface area contributed by atoms with Gasteiger partial charge in [0.2, 0.25) is 5.91 Å². The van der Waals surface area contributed by atoms with Gasteiger partial charge in [-0.3, -0.25) is 9.78 Å². The molecule has 0 aliphatic rings. The third-order valence-corrected chi connectivity index (χ3v) is 4.18. The minimum Gasteiger partial charge on any atom is -0.366 e. The summed E-state index contributed by atoms with van der Waals surface area (Å²) in [6, 6.07) is 8.67. The Morgan fingerprint density at radius 2 is 2.00 bits per heavy atom. The number of pyridine rings is 1. The molecule has 3 aromatic rings. The molecule has 3 rings (SSSR count). The summed E-state index contributed by atoms with van der Waals surface area (Å²) in [7, 11) is 0. The Kier molecular flexibility index (Phi) is 4.32. The summed E-state index contributed by atoms with van der Waals surface area (Å²) < 4.78 is 1.87. The lowest BCUT2D eigenvalue weighted by molar-refractivity contribution is 0.1000. The molecule has 23 heavy (non-hydrogen) atoms. The number of hydrogen-bond donors (Lipinski definition) is 1. The van der Waals surface area contributed by atoms with Crippen LogP contribution in [0.5, 0.6) is 0 Å². The molecule has 0 atom stereocenters. The van der Waals surface area contributed by atoms with Crippen molar-refractivity contribution in [3.8, 4) is 11.4 Å². The number of aromatic nitrogens is 3. The topological polar surface area (TPSA) is 73.8 Å². The van der Waals surface area contributed by atoms with Crippen molar-refractivity contribution in [2.75, 3.05) is 0 Å². The first-order valence-corrected chi connectivity index (χ1v) is 7.51. The monoisotopic (exact) mass is 346 g/mol. The fourth-order valence-corrected chi connectivity index (χ4v) is 2.55. The lowest BCUT2D eigenvalue weighted by Crippen LogP contribution is -2.10. The van der Waals surface area contributed by atoms with E-state index in [2.05, 4.69) is 9.97 Å². The molecular formula is C16H12Cl2N4O. The predicted molar refractivity (Wildman–Crippen MR) is 89.5 cm³/mol. The molecule has 1 aromatic carbocycles. The Labute approximate surface area is 142 Å². The third-order valence-electron chi connectivity index (χ3n) is 3.32. The Morgan fingerprint density at radius 3 is 2.78 bits per heavy atom. The number of carbonyl (C=O) groups is 1. The van der Waals surface area contributed by atoms with Crippen molar-refractivity contribution in [2.45, 2.75) is 6.54 Å². The summed E-state index contributed by atoms with van der Waals surface area (Å²) in [5, 5.41) is 1.04. The van der Waals surface area contributed by atoms with Gasteiger partial charge in [0.1, 0.15) is 5.69 Å². The number of imidazole rings is 1. The molecule has 0 spiro atoms. The highest BCUT2D eigenvalue weighted by Crippen LogP contribution is 2.26. The van der Waals surface area contributed by atoms with Crippen LogP contribution in [0.3, 0.4) is 0 Å². The van der Waals surface area contributed by atoms with Crippen LogP contribution in [0.2, 0.25) is 10.0 Å². The molecule has 116 valence electrons. The number of amides is 1. The predicted octanol–water partition coefficient (Wildman–Crippen LogP) is 3.40. The van der Waals surface area contributed by atoms with Gasteiger partial charge in [0.15, 0.2) is 0 Å². The quantitative estimate of drug-likeness (QED) is 0.786. The molecule has 5 nitrogen and oxygen atoms in total. The van der Waals surface area contributed by atoms with Crippen molar-refractivity contribution < 1.29 is 4.79 Å². The van der Waals surface area contributed by atoms with Crippen LogP contribution in [-0.4, -0.2) is 20.4 Å². The molecular weight excluding hydrogens is 335 g/mol. The molecule has 0 aliphatic carbocycles. The zero-order valence-electron chi connectivity index (χ0n) is 11.9. The fourth-order valence-electron chi connectivity index (χ4n) is 2.17. The van der Waals surface area contributed by atoms with Crippen molar-refractivity contribution >= 4 is 29.1 Å². The van der Waals surface area contributed by atoms with E-state index in [4.69, 9.17) is 28.9 Å². The summed E-state index contributed by atoms with van der Waals surface area (Å²) in [6.45, 7) is 0.530. The molecule has 0 saturated heterocycles. The molecule has 7 heteroatoms. The number of nitrogens with zero attached hydrogens (tertiary/aromatic N) is 3. The first-order valence-electron chi connectivity index (χ1n) is 6.75. The van der Waals surface area contributed by atoms with Gasteiger partial charge in [0, 0.05) is 18.0 Å². The van der Waals surface area contributed by atoms with Gasteiger partial charge >= 0.3 is 0 Å². The highest BCUT2D eigenvalue weighted by molar-refractivity contribution is 6.42. The number of rotatable bonds is 4. The van der Waals surface area contributed by atoms with Gasteiger partial charge in [-0.15, -0.1) is 0 Å². The molecule has 0 bridgehead atoms. The SMILES string of the molecule is NC(=O)c1ccnc(-c2cn(Cc3cccc(Cl)c3Cl)cn2)c1. The molecule has 2 heterocycles. The first kappa shape index (κ1) is 15.5. The van der Waals surface area contributed by atoms with Crippen LogP contribution < -0.4 is 5.73 Å². The molecule has 0 saturated carbocycles. The molecule has 2 N–H and O–H groups in total. The van der Waals surface area contributed by atoms with Crippen LogP contribution in [0.1, 0.15) is 15.9 Å². The largest absolute Gasteiger partial charge is 0.366 e. The minimum atomic E-state index is -0.501. The van der Waals surface area contributed by atoms with Crippen molar-refractivity contribution in [1.29, 1.82) is 0 Å². The van der Waals surface area contributed by atoms with Gasteiger partial charge in [-0.05, 0) is 23.8 Å². The van der Waals surface area contributed by atoms with E-state index in [1.165, 1.54) is 6.20 Å². The average molecular weight is 347 g/mol. The van der Waals surface area contributed by atoms with Crippen molar-refractivity contribution in [2.24, 2.45) is 5.73 Å². The maximum absolute atomic E-state index is 11.2. The van der Waals surface area contributed by atoms with Gasteiger partial charge < -0.3 is 10.3 Å². The number of carbonyl (C=O) groups excluding carboxylic acids is 1. The number of benzene rings is 1. The molecule has 0 unspecified atom stereocenters. The Morgan fingerprint density at radius 1 is 1.17 bits per heavy atom. The lowest BCUT2D eigenvalue weighted by Gasteiger charge is -2.06. The van der Waals surface area contributed by atoms with E-state index < -0.39 is 5.91 Å². The normalized spacial score (nSPS) is 10.7. The van der Waals surface area contributed by atoms with Gasteiger partial charge in [0.25, 0.3) is 0 Å². The smallest absolute Gasteiger partial charge is 0.248 e. The van der Waals surface area contributed by atoms with E-state index >= 15 is 0 Å². The van der Waals surface area contributed by atoms with Crippen LogP contribution in [0.25, 0.3) is 11.4 Å². The third kappa shape index (κ3) is 3.36.